The van der Waals surface area contributed by atoms with E-state index < -0.39 is 6.04 Å². The van der Waals surface area contributed by atoms with Crippen LogP contribution in [0.5, 0.6) is 11.5 Å². The molecule has 7 nitrogen and oxygen atoms in total. The van der Waals surface area contributed by atoms with Gasteiger partial charge in [-0.15, -0.1) is 0 Å². The molecule has 0 radical (unpaired) electrons. The Balaban J connectivity index is 1.78. The molecule has 1 fully saturated rings. The number of ether oxygens (including phenoxy) is 2. The molecule has 1 aliphatic carbocycles. The summed E-state index contributed by atoms with van der Waals surface area (Å²) in [5, 5.41) is 3.23. The van der Waals surface area contributed by atoms with Crippen LogP contribution in [-0.4, -0.2) is 36.6 Å². The lowest BCUT2D eigenvalue weighted by Crippen LogP contribution is -2.47. The summed E-state index contributed by atoms with van der Waals surface area (Å²) in [6.45, 7) is 2.46. The topological polar surface area (TPSA) is 80.8 Å². The summed E-state index contributed by atoms with van der Waals surface area (Å²) in [7, 11) is 1.59. The van der Waals surface area contributed by atoms with Gasteiger partial charge < -0.3 is 14.8 Å². The van der Waals surface area contributed by atoms with Crippen LogP contribution in [0.3, 0.4) is 0 Å². The summed E-state index contributed by atoms with van der Waals surface area (Å²) in [6, 6.07) is 18.9. The average Bonchev–Trinajstić information content (AvgIpc) is 2.93. The van der Waals surface area contributed by atoms with E-state index in [0.29, 0.717) is 29.4 Å². The molecule has 1 saturated carbocycles. The number of amides is 2. The number of nitrogens with zero attached hydrogens (tertiary/aromatic N) is 2. The summed E-state index contributed by atoms with van der Waals surface area (Å²) in [6.07, 6.45) is 6.83. The normalized spacial score (nSPS) is 14.5. The molecule has 1 aliphatic rings. The molecule has 1 heterocycles. The van der Waals surface area contributed by atoms with Crippen LogP contribution >= 0.6 is 0 Å². The summed E-state index contributed by atoms with van der Waals surface area (Å²) >= 11 is 0. The fourth-order valence-electron chi connectivity index (χ4n) is 4.60. The van der Waals surface area contributed by atoms with Crippen LogP contribution < -0.4 is 19.7 Å². The SMILES string of the molecule is CCOc1ccc(C(C(=O)NC2CCCCC2)N(C(=O)c2ccccn2)c2ccc(OC)cc2)cc1. The number of aromatic nitrogens is 1. The van der Waals surface area contributed by atoms with Crippen molar-refractivity contribution < 1.29 is 19.1 Å². The van der Waals surface area contributed by atoms with Crippen LogP contribution in [0.25, 0.3) is 0 Å². The van der Waals surface area contributed by atoms with Crippen LogP contribution in [-0.2, 0) is 4.79 Å². The summed E-state index contributed by atoms with van der Waals surface area (Å²) in [4.78, 5) is 33.6. The molecule has 0 bridgehead atoms. The van der Waals surface area contributed by atoms with Crippen molar-refractivity contribution in [1.29, 1.82) is 0 Å². The maximum atomic E-state index is 13.9. The van der Waals surface area contributed by atoms with Gasteiger partial charge in [-0.25, -0.2) is 0 Å². The first-order valence-electron chi connectivity index (χ1n) is 12.5. The minimum atomic E-state index is -0.898. The van der Waals surface area contributed by atoms with Gasteiger partial charge in [-0.2, -0.15) is 0 Å². The van der Waals surface area contributed by atoms with E-state index in [9.17, 15) is 9.59 Å². The van der Waals surface area contributed by atoms with Gasteiger partial charge in [0.15, 0.2) is 0 Å². The molecule has 1 unspecified atom stereocenters. The smallest absolute Gasteiger partial charge is 0.277 e. The highest BCUT2D eigenvalue weighted by Gasteiger charge is 2.35. The average molecular weight is 488 g/mol. The second-order valence-electron chi connectivity index (χ2n) is 8.84. The van der Waals surface area contributed by atoms with Crippen molar-refractivity contribution in [3.05, 3.63) is 84.2 Å². The maximum absolute atomic E-state index is 13.9. The lowest BCUT2D eigenvalue weighted by atomic mass is 9.94. The van der Waals surface area contributed by atoms with Crippen LogP contribution in [0.15, 0.2) is 72.9 Å². The number of hydrogen-bond acceptors (Lipinski definition) is 5. The highest BCUT2D eigenvalue weighted by atomic mass is 16.5. The Morgan fingerprint density at radius 2 is 1.67 bits per heavy atom. The molecule has 1 aromatic heterocycles. The molecule has 7 heteroatoms. The van der Waals surface area contributed by atoms with Gasteiger partial charge in [-0.3, -0.25) is 19.5 Å². The van der Waals surface area contributed by atoms with Gasteiger partial charge in [-0.1, -0.05) is 37.5 Å². The Morgan fingerprint density at radius 1 is 0.972 bits per heavy atom. The number of carbonyl (C=O) groups excluding carboxylic acids is 2. The number of nitrogens with one attached hydrogen (secondary N) is 1. The number of methoxy groups -OCH3 is 1. The predicted molar refractivity (Wildman–Crippen MR) is 139 cm³/mol. The summed E-state index contributed by atoms with van der Waals surface area (Å²) in [5.74, 6) is 0.789. The predicted octanol–water partition coefficient (Wildman–Crippen LogP) is 5.33. The lowest BCUT2D eigenvalue weighted by molar-refractivity contribution is -0.123. The molecule has 0 aliphatic heterocycles. The van der Waals surface area contributed by atoms with Crippen LogP contribution in [0.1, 0.15) is 61.1 Å². The van der Waals surface area contributed by atoms with Gasteiger partial charge in [0.25, 0.3) is 5.91 Å². The largest absolute Gasteiger partial charge is 0.497 e. The third-order valence-electron chi connectivity index (χ3n) is 6.42. The molecule has 0 saturated heterocycles. The number of anilines is 1. The fraction of sp³-hybridized carbons (Fsp3) is 0.345. The van der Waals surface area contributed by atoms with Crippen LogP contribution in [0.4, 0.5) is 5.69 Å². The molecule has 1 N–H and O–H groups in total. The zero-order chi connectivity index (χ0) is 25.3. The molecule has 3 aromatic rings. The van der Waals surface area contributed by atoms with Crippen molar-refractivity contribution in [3.8, 4) is 11.5 Å². The van der Waals surface area contributed by atoms with Gasteiger partial charge in [0.05, 0.1) is 13.7 Å². The quantitative estimate of drug-likeness (QED) is 0.442. The third kappa shape index (κ3) is 6.03. The van der Waals surface area contributed by atoms with Crippen molar-refractivity contribution in [2.24, 2.45) is 0 Å². The molecule has 0 spiro atoms. The minimum Gasteiger partial charge on any atom is -0.497 e. The first kappa shape index (κ1) is 25.2. The van der Waals surface area contributed by atoms with E-state index in [4.69, 9.17) is 9.47 Å². The van der Waals surface area contributed by atoms with Crippen LogP contribution in [0, 0.1) is 0 Å². The third-order valence-corrected chi connectivity index (χ3v) is 6.42. The second kappa shape index (κ2) is 12.2. The number of rotatable bonds is 9. The molecule has 4 rings (SSSR count). The van der Waals surface area contributed by atoms with Gasteiger partial charge >= 0.3 is 0 Å². The second-order valence-corrected chi connectivity index (χ2v) is 8.84. The Kier molecular flexibility index (Phi) is 8.55. The zero-order valence-electron chi connectivity index (χ0n) is 20.9. The molecule has 2 amide bonds. The number of hydrogen-bond donors (Lipinski definition) is 1. The van der Waals surface area contributed by atoms with Crippen LogP contribution in [0.2, 0.25) is 0 Å². The van der Waals surface area contributed by atoms with Gasteiger partial charge in [0, 0.05) is 17.9 Å². The van der Waals surface area contributed by atoms with Gasteiger partial charge in [0.2, 0.25) is 5.91 Å². The van der Waals surface area contributed by atoms with E-state index >= 15 is 0 Å². The Bertz CT molecular complexity index is 1130. The Hall–Kier alpha value is -3.87. The van der Waals surface area contributed by atoms with Gasteiger partial charge in [-0.05, 0) is 73.9 Å². The van der Waals surface area contributed by atoms with E-state index in [1.807, 2.05) is 31.2 Å². The molecule has 188 valence electrons. The van der Waals surface area contributed by atoms with E-state index in [1.54, 1.807) is 55.8 Å². The molecular formula is C29H33N3O4. The minimum absolute atomic E-state index is 0.0964. The van der Waals surface area contributed by atoms with E-state index in [1.165, 1.54) is 11.3 Å². The van der Waals surface area contributed by atoms with Crippen molar-refractivity contribution in [2.45, 2.75) is 51.1 Å². The fourth-order valence-corrected chi connectivity index (χ4v) is 4.60. The number of pyridine rings is 1. The first-order valence-corrected chi connectivity index (χ1v) is 12.5. The number of benzene rings is 2. The standard InChI is InChI=1S/C29H33N3O4/c1-3-36-25-16-12-21(13-17-25)27(28(33)31-22-9-5-4-6-10-22)32(23-14-18-24(35-2)19-15-23)29(34)26-11-7-8-20-30-26/h7-8,11-20,22,27H,3-6,9-10H2,1-2H3,(H,31,33). The summed E-state index contributed by atoms with van der Waals surface area (Å²) in [5.41, 5.74) is 1.52. The van der Waals surface area contributed by atoms with E-state index in [2.05, 4.69) is 10.3 Å². The molecule has 1 atom stereocenters. The Labute approximate surface area is 212 Å². The van der Waals surface area contributed by atoms with Crippen molar-refractivity contribution in [3.63, 3.8) is 0 Å². The van der Waals surface area contributed by atoms with Crippen molar-refractivity contribution in [2.75, 3.05) is 18.6 Å². The molecular weight excluding hydrogens is 454 g/mol. The summed E-state index contributed by atoms with van der Waals surface area (Å²) < 4.78 is 10.9. The molecule has 36 heavy (non-hydrogen) atoms. The zero-order valence-corrected chi connectivity index (χ0v) is 20.9. The van der Waals surface area contributed by atoms with E-state index in [0.717, 1.165) is 25.7 Å². The number of carbonyl (C=O) groups is 2. The van der Waals surface area contributed by atoms with Crippen molar-refractivity contribution in [1.82, 2.24) is 10.3 Å². The van der Waals surface area contributed by atoms with E-state index in [-0.39, 0.29) is 23.6 Å². The monoisotopic (exact) mass is 487 g/mol. The first-order chi connectivity index (χ1) is 17.6. The molecule has 2 aromatic carbocycles. The Morgan fingerprint density at radius 3 is 2.28 bits per heavy atom. The van der Waals surface area contributed by atoms with Crippen molar-refractivity contribution >= 4 is 17.5 Å². The lowest BCUT2D eigenvalue weighted by Gasteiger charge is -2.33. The maximum Gasteiger partial charge on any atom is 0.277 e. The highest BCUT2D eigenvalue weighted by molar-refractivity contribution is 6.09. The highest BCUT2D eigenvalue weighted by Crippen LogP contribution is 2.32. The van der Waals surface area contributed by atoms with Gasteiger partial charge in [0.1, 0.15) is 23.2 Å².